The van der Waals surface area contributed by atoms with Crippen molar-refractivity contribution in [2.75, 3.05) is 13.1 Å². The van der Waals surface area contributed by atoms with Gasteiger partial charge in [-0.15, -0.1) is 0 Å². The van der Waals surface area contributed by atoms with Gasteiger partial charge in [0.25, 0.3) is 0 Å². The quantitative estimate of drug-likeness (QED) is 0.844. The van der Waals surface area contributed by atoms with E-state index in [4.69, 9.17) is 4.74 Å². The Bertz CT molecular complexity index is 720. The lowest BCUT2D eigenvalue weighted by atomic mass is 10.1. The van der Waals surface area contributed by atoms with Crippen LogP contribution in [0.25, 0.3) is 0 Å². The highest BCUT2D eigenvalue weighted by molar-refractivity contribution is 7.89. The number of benzene rings is 1. The molecule has 0 saturated carbocycles. The normalized spacial score (nSPS) is 19.6. The number of rotatable bonds is 5. The largest absolute Gasteiger partial charge is 0.372 e. The van der Waals surface area contributed by atoms with E-state index in [0.29, 0.717) is 24.6 Å². The predicted octanol–water partition coefficient (Wildman–Crippen LogP) is 2.45. The van der Waals surface area contributed by atoms with Gasteiger partial charge in [-0.05, 0) is 36.6 Å². The van der Waals surface area contributed by atoms with E-state index in [1.165, 1.54) is 4.31 Å². The monoisotopic (exact) mass is 332 g/mol. The molecule has 23 heavy (non-hydrogen) atoms. The molecule has 0 N–H and O–H groups in total. The molecule has 1 fully saturated rings. The number of hydrogen-bond acceptors (Lipinski definition) is 4. The van der Waals surface area contributed by atoms with E-state index < -0.39 is 10.0 Å². The van der Waals surface area contributed by atoms with Crippen molar-refractivity contribution in [1.82, 2.24) is 9.29 Å². The molecule has 1 aliphatic heterocycles. The molecule has 0 radical (unpaired) electrons. The van der Waals surface area contributed by atoms with Crippen LogP contribution < -0.4 is 0 Å². The fourth-order valence-corrected chi connectivity index (χ4v) is 4.23. The summed E-state index contributed by atoms with van der Waals surface area (Å²) in [5, 5.41) is 0. The van der Waals surface area contributed by atoms with Crippen molar-refractivity contribution in [3.63, 3.8) is 0 Å². The van der Waals surface area contributed by atoms with Gasteiger partial charge < -0.3 is 4.74 Å². The highest BCUT2D eigenvalue weighted by Crippen LogP contribution is 2.22. The first kappa shape index (κ1) is 16.1. The smallest absolute Gasteiger partial charge is 0.243 e. The molecule has 2 heterocycles. The van der Waals surface area contributed by atoms with Crippen LogP contribution in [0.4, 0.5) is 0 Å². The molecule has 0 amide bonds. The molecule has 1 unspecified atom stereocenters. The van der Waals surface area contributed by atoms with E-state index in [-0.39, 0.29) is 6.10 Å². The fourth-order valence-electron chi connectivity index (χ4n) is 2.70. The minimum Gasteiger partial charge on any atom is -0.372 e. The molecule has 1 saturated heterocycles. The minimum absolute atomic E-state index is 0.0811. The van der Waals surface area contributed by atoms with E-state index in [0.717, 1.165) is 18.4 Å². The van der Waals surface area contributed by atoms with Crippen LogP contribution in [0.2, 0.25) is 0 Å². The summed E-state index contributed by atoms with van der Waals surface area (Å²) in [4.78, 5) is 4.40. The number of hydrogen-bond donors (Lipinski definition) is 0. The van der Waals surface area contributed by atoms with Gasteiger partial charge in [-0.2, -0.15) is 4.31 Å². The molecule has 0 aliphatic carbocycles. The summed E-state index contributed by atoms with van der Waals surface area (Å²) in [6.45, 7) is 1.40. The van der Waals surface area contributed by atoms with E-state index >= 15 is 0 Å². The standard InChI is InChI=1S/C17H20N2O3S/c20-23(21,17-8-2-1-3-9-17)19-11-5-7-16(13-19)22-14-15-6-4-10-18-12-15/h1-4,6,8-10,12,16H,5,7,11,13-14H2. The lowest BCUT2D eigenvalue weighted by Crippen LogP contribution is -2.43. The number of piperidine rings is 1. The van der Waals surface area contributed by atoms with Crippen LogP contribution in [0, 0.1) is 0 Å². The second-order valence-corrected chi connectivity index (χ2v) is 7.55. The van der Waals surface area contributed by atoms with Crippen molar-refractivity contribution >= 4 is 10.0 Å². The average Bonchev–Trinajstić information content (AvgIpc) is 2.62. The molecule has 2 aromatic rings. The van der Waals surface area contributed by atoms with Gasteiger partial charge in [-0.1, -0.05) is 24.3 Å². The molecular formula is C17H20N2O3S. The van der Waals surface area contributed by atoms with Gasteiger partial charge in [0.1, 0.15) is 0 Å². The van der Waals surface area contributed by atoms with Crippen LogP contribution in [0.15, 0.2) is 59.8 Å². The lowest BCUT2D eigenvalue weighted by Gasteiger charge is -2.31. The zero-order chi connectivity index (χ0) is 16.1. The summed E-state index contributed by atoms with van der Waals surface area (Å²) in [5.74, 6) is 0. The van der Waals surface area contributed by atoms with Crippen molar-refractivity contribution in [2.45, 2.75) is 30.4 Å². The summed E-state index contributed by atoms with van der Waals surface area (Å²) in [5.41, 5.74) is 0.996. The van der Waals surface area contributed by atoms with Crippen molar-refractivity contribution in [1.29, 1.82) is 0 Å². The molecule has 1 atom stereocenters. The summed E-state index contributed by atoms with van der Waals surface area (Å²) >= 11 is 0. The van der Waals surface area contributed by atoms with Crippen molar-refractivity contribution in [3.05, 3.63) is 60.4 Å². The minimum atomic E-state index is -3.44. The first-order chi connectivity index (χ1) is 11.2. The molecule has 5 nitrogen and oxygen atoms in total. The highest BCUT2D eigenvalue weighted by Gasteiger charge is 2.30. The van der Waals surface area contributed by atoms with Gasteiger partial charge >= 0.3 is 0 Å². The summed E-state index contributed by atoms with van der Waals surface area (Å²) < 4.78 is 32.7. The van der Waals surface area contributed by atoms with Crippen LogP contribution >= 0.6 is 0 Å². The van der Waals surface area contributed by atoms with Crippen LogP contribution in [0.5, 0.6) is 0 Å². The van der Waals surface area contributed by atoms with Crippen LogP contribution in [-0.2, 0) is 21.4 Å². The molecule has 1 aliphatic rings. The maximum Gasteiger partial charge on any atom is 0.243 e. The van der Waals surface area contributed by atoms with Gasteiger partial charge in [-0.25, -0.2) is 8.42 Å². The molecule has 1 aromatic carbocycles. The van der Waals surface area contributed by atoms with E-state index in [1.807, 2.05) is 18.2 Å². The van der Waals surface area contributed by atoms with Gasteiger partial charge in [-0.3, -0.25) is 4.98 Å². The average molecular weight is 332 g/mol. The van der Waals surface area contributed by atoms with E-state index in [1.54, 1.807) is 36.7 Å². The molecule has 3 rings (SSSR count). The second-order valence-electron chi connectivity index (χ2n) is 5.61. The summed E-state index contributed by atoms with van der Waals surface area (Å²) in [7, 11) is -3.44. The molecule has 6 heteroatoms. The Morgan fingerprint density at radius 3 is 2.74 bits per heavy atom. The third-order valence-electron chi connectivity index (χ3n) is 3.93. The molecular weight excluding hydrogens is 312 g/mol. The third kappa shape index (κ3) is 3.96. The zero-order valence-corrected chi connectivity index (χ0v) is 13.7. The Morgan fingerprint density at radius 1 is 1.17 bits per heavy atom. The first-order valence-corrected chi connectivity index (χ1v) is 9.16. The fraction of sp³-hybridized carbons (Fsp3) is 0.353. The summed E-state index contributed by atoms with van der Waals surface area (Å²) in [6.07, 6.45) is 5.09. The highest BCUT2D eigenvalue weighted by atomic mass is 32.2. The SMILES string of the molecule is O=S(=O)(c1ccccc1)N1CCCC(OCc2cccnc2)C1. The van der Waals surface area contributed by atoms with Gasteiger partial charge in [0.2, 0.25) is 10.0 Å². The third-order valence-corrected chi connectivity index (χ3v) is 5.81. The van der Waals surface area contributed by atoms with Crippen LogP contribution in [0.1, 0.15) is 18.4 Å². The zero-order valence-electron chi connectivity index (χ0n) is 12.8. The Labute approximate surface area is 137 Å². The number of pyridine rings is 1. The van der Waals surface area contributed by atoms with E-state index in [9.17, 15) is 8.42 Å². The number of ether oxygens (including phenoxy) is 1. The predicted molar refractivity (Wildman–Crippen MR) is 87.2 cm³/mol. The lowest BCUT2D eigenvalue weighted by molar-refractivity contribution is 0.00800. The maximum absolute atomic E-state index is 12.7. The topological polar surface area (TPSA) is 59.5 Å². The molecule has 1 aromatic heterocycles. The van der Waals surface area contributed by atoms with E-state index in [2.05, 4.69) is 4.98 Å². The number of aromatic nitrogens is 1. The number of nitrogens with zero attached hydrogens (tertiary/aromatic N) is 2. The van der Waals surface area contributed by atoms with Crippen molar-refractivity contribution < 1.29 is 13.2 Å². The van der Waals surface area contributed by atoms with Crippen LogP contribution in [0.3, 0.4) is 0 Å². The second kappa shape index (κ2) is 7.21. The van der Waals surface area contributed by atoms with Gasteiger partial charge in [0.05, 0.1) is 17.6 Å². The van der Waals surface area contributed by atoms with Crippen molar-refractivity contribution in [2.24, 2.45) is 0 Å². The maximum atomic E-state index is 12.7. The van der Waals surface area contributed by atoms with Gasteiger partial charge in [0, 0.05) is 25.5 Å². The van der Waals surface area contributed by atoms with Gasteiger partial charge in [0.15, 0.2) is 0 Å². The molecule has 0 spiro atoms. The number of sulfonamides is 1. The first-order valence-electron chi connectivity index (χ1n) is 7.72. The molecule has 0 bridgehead atoms. The Balaban J connectivity index is 1.64. The Morgan fingerprint density at radius 2 is 2.00 bits per heavy atom. The van der Waals surface area contributed by atoms with Crippen LogP contribution in [-0.4, -0.2) is 36.9 Å². The Hall–Kier alpha value is -1.76. The Kier molecular flexibility index (Phi) is 5.05. The molecule has 122 valence electrons. The summed E-state index contributed by atoms with van der Waals surface area (Å²) in [6, 6.07) is 12.4. The van der Waals surface area contributed by atoms with Crippen molar-refractivity contribution in [3.8, 4) is 0 Å².